The van der Waals surface area contributed by atoms with Crippen molar-refractivity contribution in [3.63, 3.8) is 0 Å². The van der Waals surface area contributed by atoms with Crippen LogP contribution in [0.25, 0.3) is 0 Å². The molecule has 0 spiro atoms. The van der Waals surface area contributed by atoms with Crippen molar-refractivity contribution in [2.45, 2.75) is 90.8 Å². The molecule has 5 nitrogen and oxygen atoms in total. The summed E-state index contributed by atoms with van der Waals surface area (Å²) in [4.78, 5) is 31.4. The molecule has 2 heterocycles. The van der Waals surface area contributed by atoms with Crippen LogP contribution in [0.15, 0.2) is 35.7 Å². The molecule has 1 aromatic carbocycles. The van der Waals surface area contributed by atoms with Gasteiger partial charge in [0.2, 0.25) is 11.8 Å². The Hall–Kier alpha value is -2.25. The highest BCUT2D eigenvalue weighted by atomic mass is 32.1. The normalized spacial score (nSPS) is 15.2. The first-order valence-corrected chi connectivity index (χ1v) is 14.3. The Balaban J connectivity index is 1.67. The fourth-order valence-corrected chi connectivity index (χ4v) is 5.47. The summed E-state index contributed by atoms with van der Waals surface area (Å²) >= 11 is 1.62. The number of ether oxygens (including phenoxy) is 1. The van der Waals surface area contributed by atoms with Crippen LogP contribution in [0.1, 0.15) is 80.7 Å². The summed E-state index contributed by atoms with van der Waals surface area (Å²) < 4.78 is 19.2. The van der Waals surface area contributed by atoms with Crippen LogP contribution in [0.3, 0.4) is 0 Å². The van der Waals surface area contributed by atoms with E-state index in [0.717, 1.165) is 48.1 Å². The Morgan fingerprint density at radius 3 is 2.42 bits per heavy atom. The van der Waals surface area contributed by atoms with Crippen LogP contribution >= 0.6 is 11.3 Å². The minimum Gasteiger partial charge on any atom is -0.376 e. The van der Waals surface area contributed by atoms with Gasteiger partial charge in [-0.05, 0) is 60.9 Å². The lowest BCUT2D eigenvalue weighted by Gasteiger charge is -2.29. The van der Waals surface area contributed by atoms with E-state index < -0.39 is 0 Å². The highest BCUT2D eigenvalue weighted by Crippen LogP contribution is 2.21. The Labute approximate surface area is 219 Å². The number of hydrogen-bond donors (Lipinski definition) is 0. The summed E-state index contributed by atoms with van der Waals surface area (Å²) in [5, 5.41) is 2.03. The lowest BCUT2D eigenvalue weighted by molar-refractivity contribution is -0.142. The molecule has 1 unspecified atom stereocenters. The zero-order valence-corrected chi connectivity index (χ0v) is 22.7. The molecule has 1 atom stereocenters. The largest absolute Gasteiger partial charge is 0.376 e. The minimum atomic E-state index is -0.297. The van der Waals surface area contributed by atoms with Crippen molar-refractivity contribution in [2.75, 3.05) is 19.7 Å². The van der Waals surface area contributed by atoms with Gasteiger partial charge in [0.05, 0.1) is 19.2 Å². The summed E-state index contributed by atoms with van der Waals surface area (Å²) in [6.45, 7) is 6.30. The van der Waals surface area contributed by atoms with Crippen LogP contribution in [-0.4, -0.2) is 47.4 Å². The SMILES string of the molecule is CCCCCCCCC(=O)N(CC(=O)N(Cc1ccc(F)cc1)Cc1sccc1C)CC1CCCO1. The monoisotopic (exact) mass is 516 g/mol. The molecule has 1 aliphatic heterocycles. The number of halogens is 1. The molecule has 1 aromatic heterocycles. The third-order valence-electron chi connectivity index (χ3n) is 6.81. The number of rotatable bonds is 15. The lowest BCUT2D eigenvalue weighted by Crippen LogP contribution is -2.45. The molecule has 7 heteroatoms. The Morgan fingerprint density at radius 1 is 1.00 bits per heavy atom. The van der Waals surface area contributed by atoms with Crippen LogP contribution in [0.2, 0.25) is 0 Å². The first-order valence-electron chi connectivity index (χ1n) is 13.4. The van der Waals surface area contributed by atoms with Crippen LogP contribution in [0.4, 0.5) is 4.39 Å². The van der Waals surface area contributed by atoms with E-state index in [0.29, 0.717) is 32.7 Å². The third kappa shape index (κ3) is 9.32. The van der Waals surface area contributed by atoms with Gasteiger partial charge in [0.15, 0.2) is 0 Å². The van der Waals surface area contributed by atoms with Gasteiger partial charge in [0.1, 0.15) is 5.82 Å². The van der Waals surface area contributed by atoms with Gasteiger partial charge in [0.25, 0.3) is 0 Å². The summed E-state index contributed by atoms with van der Waals surface area (Å²) in [5.41, 5.74) is 2.01. The molecule has 2 amide bonds. The second-order valence-corrected chi connectivity index (χ2v) is 10.8. The van der Waals surface area contributed by atoms with E-state index in [4.69, 9.17) is 4.74 Å². The van der Waals surface area contributed by atoms with E-state index in [9.17, 15) is 14.0 Å². The first kappa shape index (κ1) is 28.3. The van der Waals surface area contributed by atoms with Crippen LogP contribution in [-0.2, 0) is 27.4 Å². The average Bonchev–Trinajstić information content (AvgIpc) is 3.53. The zero-order valence-electron chi connectivity index (χ0n) is 21.8. The topological polar surface area (TPSA) is 49.9 Å². The van der Waals surface area contributed by atoms with Gasteiger partial charge in [-0.3, -0.25) is 9.59 Å². The summed E-state index contributed by atoms with van der Waals surface area (Å²) in [5.74, 6) is -0.362. The average molecular weight is 517 g/mol. The van der Waals surface area contributed by atoms with Gasteiger partial charge in [-0.1, -0.05) is 51.2 Å². The fourth-order valence-electron chi connectivity index (χ4n) is 4.55. The Kier molecular flexibility index (Phi) is 11.9. The molecule has 0 aliphatic carbocycles. The standard InChI is InChI=1S/C29H41FN2O3S/c1-3-4-5-6-7-8-11-28(33)32(20-26-10-9-17-35-26)22-29(34)31(21-27-23(2)16-18-36-27)19-24-12-14-25(30)15-13-24/h12-16,18,26H,3-11,17,19-22H2,1-2H3. The van der Waals surface area contributed by atoms with Gasteiger partial charge < -0.3 is 14.5 Å². The highest BCUT2D eigenvalue weighted by molar-refractivity contribution is 7.10. The Bertz CT molecular complexity index is 940. The Morgan fingerprint density at radius 2 is 1.75 bits per heavy atom. The summed E-state index contributed by atoms with van der Waals surface area (Å²) in [7, 11) is 0. The highest BCUT2D eigenvalue weighted by Gasteiger charge is 2.26. The van der Waals surface area contributed by atoms with Gasteiger partial charge in [-0.2, -0.15) is 0 Å². The number of aryl methyl sites for hydroxylation is 1. The van der Waals surface area contributed by atoms with Crippen LogP contribution in [0.5, 0.6) is 0 Å². The van der Waals surface area contributed by atoms with Crippen LogP contribution in [0, 0.1) is 12.7 Å². The number of carbonyl (C=O) groups excluding carboxylic acids is 2. The number of nitrogens with zero attached hydrogens (tertiary/aromatic N) is 2. The third-order valence-corrected chi connectivity index (χ3v) is 7.82. The molecule has 36 heavy (non-hydrogen) atoms. The van der Waals surface area contributed by atoms with Crippen LogP contribution < -0.4 is 0 Å². The predicted octanol–water partition coefficient (Wildman–Crippen LogP) is 6.48. The molecule has 1 aliphatic rings. The van der Waals surface area contributed by atoms with Crippen molar-refractivity contribution < 1.29 is 18.7 Å². The van der Waals surface area contributed by atoms with E-state index in [1.165, 1.54) is 31.4 Å². The van der Waals surface area contributed by atoms with Crippen molar-refractivity contribution in [2.24, 2.45) is 0 Å². The van der Waals surface area contributed by atoms with E-state index in [1.54, 1.807) is 33.3 Å². The van der Waals surface area contributed by atoms with Gasteiger partial charge in [0, 0.05) is 31.0 Å². The number of carbonyl (C=O) groups is 2. The second-order valence-electron chi connectivity index (χ2n) is 9.83. The quantitative estimate of drug-likeness (QED) is 0.255. The molecule has 0 saturated carbocycles. The predicted molar refractivity (Wildman–Crippen MR) is 143 cm³/mol. The molecule has 198 valence electrons. The van der Waals surface area contributed by atoms with Gasteiger partial charge >= 0.3 is 0 Å². The molecule has 0 bridgehead atoms. The molecular weight excluding hydrogens is 475 g/mol. The van der Waals surface area contributed by atoms with E-state index in [2.05, 4.69) is 6.92 Å². The smallest absolute Gasteiger partial charge is 0.242 e. The molecule has 1 saturated heterocycles. The molecular formula is C29H41FN2O3S. The zero-order chi connectivity index (χ0) is 25.8. The number of amides is 2. The van der Waals surface area contributed by atoms with Crippen molar-refractivity contribution in [1.82, 2.24) is 9.80 Å². The van der Waals surface area contributed by atoms with E-state index in [-0.39, 0.29) is 30.3 Å². The minimum absolute atomic E-state index is 0.00334. The maximum absolute atomic E-state index is 13.6. The molecule has 2 aromatic rings. The van der Waals surface area contributed by atoms with Crippen molar-refractivity contribution in [3.05, 3.63) is 57.5 Å². The van der Waals surface area contributed by atoms with E-state index >= 15 is 0 Å². The summed E-state index contributed by atoms with van der Waals surface area (Å²) in [6, 6.07) is 8.31. The molecule has 0 N–H and O–H groups in total. The molecule has 0 radical (unpaired) electrons. The maximum atomic E-state index is 13.6. The lowest BCUT2D eigenvalue weighted by atomic mass is 10.1. The number of hydrogen-bond acceptors (Lipinski definition) is 4. The maximum Gasteiger partial charge on any atom is 0.242 e. The number of benzene rings is 1. The van der Waals surface area contributed by atoms with Crippen molar-refractivity contribution in [3.8, 4) is 0 Å². The number of unbranched alkanes of at least 4 members (excludes halogenated alkanes) is 5. The number of thiophene rings is 1. The summed E-state index contributed by atoms with van der Waals surface area (Å²) in [6.07, 6.45) is 9.08. The molecule has 3 rings (SSSR count). The second kappa shape index (κ2) is 15.1. The van der Waals surface area contributed by atoms with Gasteiger partial charge in [-0.25, -0.2) is 4.39 Å². The van der Waals surface area contributed by atoms with Gasteiger partial charge in [-0.15, -0.1) is 11.3 Å². The van der Waals surface area contributed by atoms with Crippen molar-refractivity contribution >= 4 is 23.2 Å². The van der Waals surface area contributed by atoms with Crippen molar-refractivity contribution in [1.29, 1.82) is 0 Å². The first-order chi connectivity index (χ1) is 17.5. The van der Waals surface area contributed by atoms with E-state index in [1.807, 2.05) is 18.4 Å². The fraction of sp³-hybridized carbons (Fsp3) is 0.586. The molecule has 1 fully saturated rings.